The van der Waals surface area contributed by atoms with Gasteiger partial charge in [-0.3, -0.25) is 9.69 Å². The monoisotopic (exact) mass is 321 g/mol. The molecule has 1 amide bonds. The Hall–Kier alpha value is -2.64. The molecule has 24 heavy (non-hydrogen) atoms. The first kappa shape index (κ1) is 17.7. The third-order valence-corrected chi connectivity index (χ3v) is 3.85. The third kappa shape index (κ3) is 5.22. The molecule has 0 aromatic heterocycles. The first-order valence-electron chi connectivity index (χ1n) is 8.19. The molecule has 2 aromatic carbocycles. The standard InChI is InChI=1S/C20H23N3O/c1-3-23(14-16(2)13-21)15-17-9-11-18(12-10-17)20(24)22-19-7-5-4-6-8-19/h4-12,16H,3,14-15H2,1-2H3,(H,22,24)/t16-/m0/s1. The zero-order valence-corrected chi connectivity index (χ0v) is 14.2. The van der Waals surface area contributed by atoms with E-state index in [-0.39, 0.29) is 11.8 Å². The highest BCUT2D eigenvalue weighted by Gasteiger charge is 2.10. The van der Waals surface area contributed by atoms with E-state index in [0.29, 0.717) is 5.56 Å². The Labute approximate surface area is 143 Å². The molecule has 0 bridgehead atoms. The number of para-hydroxylation sites is 1. The number of carbonyl (C=O) groups excluding carboxylic acids is 1. The highest BCUT2D eigenvalue weighted by atomic mass is 16.1. The summed E-state index contributed by atoms with van der Waals surface area (Å²) >= 11 is 0. The summed E-state index contributed by atoms with van der Waals surface area (Å²) in [6.45, 7) is 6.44. The molecule has 4 nitrogen and oxygen atoms in total. The topological polar surface area (TPSA) is 56.1 Å². The first-order chi connectivity index (χ1) is 11.6. The van der Waals surface area contributed by atoms with Crippen LogP contribution in [0.5, 0.6) is 0 Å². The van der Waals surface area contributed by atoms with Crippen molar-refractivity contribution in [1.29, 1.82) is 5.26 Å². The summed E-state index contributed by atoms with van der Waals surface area (Å²) in [4.78, 5) is 14.5. The van der Waals surface area contributed by atoms with Crippen LogP contribution in [0.15, 0.2) is 54.6 Å². The Bertz CT molecular complexity index is 689. The number of rotatable bonds is 7. The fourth-order valence-electron chi connectivity index (χ4n) is 2.48. The number of nitrogens with one attached hydrogen (secondary N) is 1. The predicted octanol–water partition coefficient (Wildman–Crippen LogP) is 3.92. The van der Waals surface area contributed by atoms with Gasteiger partial charge in [0.1, 0.15) is 0 Å². The van der Waals surface area contributed by atoms with Crippen molar-refractivity contribution in [2.24, 2.45) is 5.92 Å². The van der Waals surface area contributed by atoms with Crippen LogP contribution in [0.3, 0.4) is 0 Å². The smallest absolute Gasteiger partial charge is 0.255 e. The number of nitriles is 1. The van der Waals surface area contributed by atoms with Gasteiger partial charge in [0.2, 0.25) is 0 Å². The molecular weight excluding hydrogens is 298 g/mol. The molecule has 0 radical (unpaired) electrons. The minimum absolute atomic E-state index is 0.0147. The minimum Gasteiger partial charge on any atom is -0.322 e. The van der Waals surface area contributed by atoms with E-state index in [9.17, 15) is 4.79 Å². The fourth-order valence-corrected chi connectivity index (χ4v) is 2.48. The molecule has 0 aliphatic rings. The van der Waals surface area contributed by atoms with E-state index in [0.717, 1.165) is 30.9 Å². The molecule has 0 saturated heterocycles. The van der Waals surface area contributed by atoms with Crippen LogP contribution in [-0.4, -0.2) is 23.9 Å². The molecule has 2 rings (SSSR count). The summed E-state index contributed by atoms with van der Waals surface area (Å²) in [5.41, 5.74) is 2.56. The van der Waals surface area contributed by atoms with Gasteiger partial charge < -0.3 is 5.32 Å². The number of hydrogen-bond donors (Lipinski definition) is 1. The molecule has 0 aliphatic heterocycles. The lowest BCUT2D eigenvalue weighted by molar-refractivity contribution is 0.102. The summed E-state index contributed by atoms with van der Waals surface area (Å²) in [6, 6.07) is 19.3. The largest absolute Gasteiger partial charge is 0.322 e. The lowest BCUT2D eigenvalue weighted by Gasteiger charge is -2.21. The second kappa shape index (κ2) is 8.85. The number of hydrogen-bond acceptors (Lipinski definition) is 3. The number of amides is 1. The Morgan fingerprint density at radius 1 is 1.17 bits per heavy atom. The first-order valence-corrected chi connectivity index (χ1v) is 8.19. The van der Waals surface area contributed by atoms with Gasteiger partial charge in [-0.15, -0.1) is 0 Å². The SMILES string of the molecule is CCN(Cc1ccc(C(=O)Nc2ccccc2)cc1)C[C@@H](C)C#N. The second-order valence-electron chi connectivity index (χ2n) is 5.87. The van der Waals surface area contributed by atoms with E-state index >= 15 is 0 Å². The molecule has 124 valence electrons. The van der Waals surface area contributed by atoms with Crippen LogP contribution in [0.2, 0.25) is 0 Å². The van der Waals surface area contributed by atoms with Crippen LogP contribution in [0.25, 0.3) is 0 Å². The average molecular weight is 321 g/mol. The molecule has 0 aliphatic carbocycles. The lowest BCUT2D eigenvalue weighted by atomic mass is 10.1. The predicted molar refractivity (Wildman–Crippen MR) is 96.6 cm³/mol. The highest BCUT2D eigenvalue weighted by Crippen LogP contribution is 2.12. The van der Waals surface area contributed by atoms with Crippen LogP contribution >= 0.6 is 0 Å². The van der Waals surface area contributed by atoms with E-state index in [1.54, 1.807) is 0 Å². The molecule has 0 heterocycles. The number of carbonyl (C=O) groups is 1. The zero-order valence-electron chi connectivity index (χ0n) is 14.2. The zero-order chi connectivity index (χ0) is 17.4. The Kier molecular flexibility index (Phi) is 6.53. The van der Waals surface area contributed by atoms with E-state index in [1.807, 2.05) is 61.5 Å². The van der Waals surface area contributed by atoms with Crippen molar-refractivity contribution < 1.29 is 4.79 Å². The van der Waals surface area contributed by atoms with Crippen molar-refractivity contribution >= 4 is 11.6 Å². The number of benzene rings is 2. The van der Waals surface area contributed by atoms with Crippen LogP contribution in [0.4, 0.5) is 5.69 Å². The number of nitrogens with zero attached hydrogens (tertiary/aromatic N) is 2. The molecule has 0 spiro atoms. The van der Waals surface area contributed by atoms with Gasteiger partial charge in [0.05, 0.1) is 12.0 Å². The van der Waals surface area contributed by atoms with Crippen molar-refractivity contribution in [3.8, 4) is 6.07 Å². The van der Waals surface area contributed by atoms with Crippen molar-refractivity contribution in [2.45, 2.75) is 20.4 Å². The Balaban J connectivity index is 1.97. The van der Waals surface area contributed by atoms with E-state index in [2.05, 4.69) is 23.2 Å². The molecule has 0 unspecified atom stereocenters. The van der Waals surface area contributed by atoms with E-state index < -0.39 is 0 Å². The summed E-state index contributed by atoms with van der Waals surface area (Å²) in [7, 11) is 0. The number of anilines is 1. The van der Waals surface area contributed by atoms with Crippen molar-refractivity contribution in [2.75, 3.05) is 18.4 Å². The quantitative estimate of drug-likeness (QED) is 0.841. The van der Waals surface area contributed by atoms with Crippen molar-refractivity contribution in [3.63, 3.8) is 0 Å². The summed E-state index contributed by atoms with van der Waals surface area (Å²) in [5, 5.41) is 11.8. The van der Waals surface area contributed by atoms with Gasteiger partial charge in [-0.2, -0.15) is 5.26 Å². The molecular formula is C20H23N3O. The molecule has 4 heteroatoms. The average Bonchev–Trinajstić information content (AvgIpc) is 2.62. The minimum atomic E-state index is -0.113. The van der Waals surface area contributed by atoms with Crippen molar-refractivity contribution in [3.05, 3.63) is 65.7 Å². The maximum Gasteiger partial charge on any atom is 0.255 e. The summed E-state index contributed by atoms with van der Waals surface area (Å²) < 4.78 is 0. The Morgan fingerprint density at radius 2 is 1.83 bits per heavy atom. The molecule has 1 N–H and O–H groups in total. The fraction of sp³-hybridized carbons (Fsp3) is 0.300. The van der Waals surface area contributed by atoms with Crippen LogP contribution in [-0.2, 0) is 6.54 Å². The molecule has 1 atom stereocenters. The molecule has 2 aromatic rings. The normalized spacial score (nSPS) is 11.8. The van der Waals surface area contributed by atoms with E-state index in [1.165, 1.54) is 0 Å². The highest BCUT2D eigenvalue weighted by molar-refractivity contribution is 6.04. The maximum atomic E-state index is 12.2. The van der Waals surface area contributed by atoms with Gasteiger partial charge in [0.25, 0.3) is 5.91 Å². The van der Waals surface area contributed by atoms with Crippen molar-refractivity contribution in [1.82, 2.24) is 4.90 Å². The van der Waals surface area contributed by atoms with Crippen LogP contribution in [0.1, 0.15) is 29.8 Å². The van der Waals surface area contributed by atoms with Crippen LogP contribution in [0, 0.1) is 17.2 Å². The third-order valence-electron chi connectivity index (χ3n) is 3.85. The Morgan fingerprint density at radius 3 is 2.42 bits per heavy atom. The van der Waals surface area contributed by atoms with Gasteiger partial charge in [-0.25, -0.2) is 0 Å². The second-order valence-corrected chi connectivity index (χ2v) is 5.87. The maximum absolute atomic E-state index is 12.2. The van der Waals surface area contributed by atoms with Gasteiger partial charge >= 0.3 is 0 Å². The lowest BCUT2D eigenvalue weighted by Crippen LogP contribution is -2.27. The van der Waals surface area contributed by atoms with Gasteiger partial charge in [0, 0.05) is 24.3 Å². The van der Waals surface area contributed by atoms with E-state index in [4.69, 9.17) is 5.26 Å². The molecule has 0 fully saturated rings. The van der Waals surface area contributed by atoms with Gasteiger partial charge in [0.15, 0.2) is 0 Å². The van der Waals surface area contributed by atoms with Gasteiger partial charge in [-0.05, 0) is 43.3 Å². The summed E-state index contributed by atoms with van der Waals surface area (Å²) in [5.74, 6) is -0.0981. The van der Waals surface area contributed by atoms with Gasteiger partial charge in [-0.1, -0.05) is 37.3 Å². The van der Waals surface area contributed by atoms with Crippen LogP contribution < -0.4 is 5.32 Å². The molecule has 0 saturated carbocycles. The summed E-state index contributed by atoms with van der Waals surface area (Å²) in [6.07, 6.45) is 0.